The molecule has 2 N–H and O–H groups in total. The number of carbonyl (C=O) groups is 1. The molecule has 140 valence electrons. The molecule has 0 radical (unpaired) electrons. The molecule has 0 saturated carbocycles. The van der Waals surface area contributed by atoms with Gasteiger partial charge in [-0.2, -0.15) is 8.42 Å². The van der Waals surface area contributed by atoms with Crippen LogP contribution < -0.4 is 10.0 Å². The van der Waals surface area contributed by atoms with E-state index < -0.39 is 10.0 Å². The molecule has 0 saturated heterocycles. The summed E-state index contributed by atoms with van der Waals surface area (Å²) in [6.45, 7) is 5.51. The highest BCUT2D eigenvalue weighted by molar-refractivity contribution is 7.94. The van der Waals surface area contributed by atoms with E-state index in [2.05, 4.69) is 20.2 Å². The summed E-state index contributed by atoms with van der Waals surface area (Å²) in [5, 5.41) is 10.2. The summed E-state index contributed by atoms with van der Waals surface area (Å²) in [5.74, 6) is -0.365. The van der Waals surface area contributed by atoms with E-state index in [9.17, 15) is 13.2 Å². The Labute approximate surface area is 161 Å². The van der Waals surface area contributed by atoms with Crippen molar-refractivity contribution >= 4 is 38.1 Å². The van der Waals surface area contributed by atoms with E-state index in [1.54, 1.807) is 18.2 Å². The molecule has 0 fully saturated rings. The molecule has 0 aliphatic rings. The molecule has 2 aromatic carbocycles. The van der Waals surface area contributed by atoms with Gasteiger partial charge in [0.15, 0.2) is 0 Å². The van der Waals surface area contributed by atoms with Crippen LogP contribution in [0.4, 0.5) is 10.8 Å². The van der Waals surface area contributed by atoms with Crippen molar-refractivity contribution in [1.82, 2.24) is 10.2 Å². The summed E-state index contributed by atoms with van der Waals surface area (Å²) >= 11 is 0.793. The number of amides is 1. The Kier molecular flexibility index (Phi) is 5.24. The van der Waals surface area contributed by atoms with Crippen molar-refractivity contribution < 1.29 is 13.2 Å². The molecule has 0 aliphatic carbocycles. The quantitative estimate of drug-likeness (QED) is 0.636. The van der Waals surface area contributed by atoms with Crippen molar-refractivity contribution in [2.45, 2.75) is 25.1 Å². The fourth-order valence-electron chi connectivity index (χ4n) is 2.40. The maximum absolute atomic E-state index is 12.6. The van der Waals surface area contributed by atoms with Crippen LogP contribution in [0, 0.1) is 20.8 Å². The molecule has 3 rings (SSSR count). The molecule has 9 heteroatoms. The van der Waals surface area contributed by atoms with Crippen LogP contribution in [0.5, 0.6) is 0 Å². The number of rotatable bonds is 5. The lowest BCUT2D eigenvalue weighted by molar-refractivity contribution is 0.102. The zero-order chi connectivity index (χ0) is 19.6. The Balaban J connectivity index is 1.79. The zero-order valence-corrected chi connectivity index (χ0v) is 16.6. The molecule has 0 aliphatic heterocycles. The number of hydrogen-bond acceptors (Lipinski definition) is 6. The number of nitrogens with zero attached hydrogens (tertiary/aromatic N) is 2. The number of anilines is 2. The Bertz CT molecular complexity index is 1110. The number of aromatic nitrogens is 2. The highest BCUT2D eigenvalue weighted by Crippen LogP contribution is 2.25. The molecule has 1 amide bonds. The largest absolute Gasteiger partial charge is 0.296 e. The molecule has 7 nitrogen and oxygen atoms in total. The van der Waals surface area contributed by atoms with E-state index in [1.807, 2.05) is 45.0 Å². The van der Waals surface area contributed by atoms with Crippen molar-refractivity contribution in [2.24, 2.45) is 0 Å². The third kappa shape index (κ3) is 4.32. The first-order valence-electron chi connectivity index (χ1n) is 8.07. The normalized spacial score (nSPS) is 11.2. The van der Waals surface area contributed by atoms with Crippen molar-refractivity contribution in [3.8, 4) is 0 Å². The molecular formula is C18H18N4O3S2. The van der Waals surface area contributed by atoms with E-state index in [4.69, 9.17) is 0 Å². The Morgan fingerprint density at radius 3 is 2.48 bits per heavy atom. The fourth-order valence-corrected chi connectivity index (χ4v) is 4.41. The second-order valence-corrected chi connectivity index (χ2v) is 8.90. The standard InChI is InChI=1S/C18H18N4O3S2/c1-11-8-9-13(3)15(10-11)22-27(24,25)18-21-20-17(26-18)19-16(23)14-7-5-4-6-12(14)2/h4-10,22H,1-3H3,(H,19,20,23). The van der Waals surface area contributed by atoms with E-state index in [0.29, 0.717) is 11.3 Å². The minimum absolute atomic E-state index is 0.115. The van der Waals surface area contributed by atoms with Crippen LogP contribution in [0.3, 0.4) is 0 Å². The van der Waals surface area contributed by atoms with E-state index >= 15 is 0 Å². The Hall–Kier alpha value is -2.78. The van der Waals surface area contributed by atoms with Gasteiger partial charge in [0.2, 0.25) is 5.13 Å². The molecule has 1 heterocycles. The third-order valence-electron chi connectivity index (χ3n) is 3.88. The van der Waals surface area contributed by atoms with Gasteiger partial charge in [-0.1, -0.05) is 41.7 Å². The molecule has 0 spiro atoms. The summed E-state index contributed by atoms with van der Waals surface area (Å²) in [6, 6.07) is 12.6. The highest BCUT2D eigenvalue weighted by atomic mass is 32.2. The smallest absolute Gasteiger partial charge is 0.291 e. The van der Waals surface area contributed by atoms with Crippen LogP contribution in [0.25, 0.3) is 0 Å². The van der Waals surface area contributed by atoms with Crippen LogP contribution in [0.2, 0.25) is 0 Å². The predicted octanol–water partition coefficient (Wildman–Crippen LogP) is 3.52. The highest BCUT2D eigenvalue weighted by Gasteiger charge is 2.22. The number of aryl methyl sites for hydroxylation is 3. The van der Waals surface area contributed by atoms with Gasteiger partial charge in [-0.3, -0.25) is 14.8 Å². The van der Waals surface area contributed by atoms with E-state index in [-0.39, 0.29) is 15.4 Å². The number of carbonyl (C=O) groups excluding carboxylic acids is 1. The van der Waals surface area contributed by atoms with Gasteiger partial charge in [-0.25, -0.2) is 0 Å². The number of sulfonamides is 1. The Morgan fingerprint density at radius 2 is 1.74 bits per heavy atom. The van der Waals surface area contributed by atoms with E-state index in [1.165, 1.54) is 0 Å². The predicted molar refractivity (Wildman–Crippen MR) is 106 cm³/mol. The average molecular weight is 403 g/mol. The van der Waals surface area contributed by atoms with Gasteiger partial charge in [0.25, 0.3) is 20.3 Å². The lowest BCUT2D eigenvalue weighted by Crippen LogP contribution is -2.13. The number of benzene rings is 2. The molecule has 0 bridgehead atoms. The molecule has 27 heavy (non-hydrogen) atoms. The number of hydrogen-bond donors (Lipinski definition) is 2. The van der Waals surface area contributed by atoms with Crippen LogP contribution in [-0.2, 0) is 10.0 Å². The van der Waals surface area contributed by atoms with Crippen molar-refractivity contribution in [2.75, 3.05) is 10.0 Å². The van der Waals surface area contributed by atoms with Gasteiger partial charge in [0.1, 0.15) is 0 Å². The maximum Gasteiger partial charge on any atom is 0.291 e. The van der Waals surface area contributed by atoms with Crippen LogP contribution in [-0.4, -0.2) is 24.5 Å². The van der Waals surface area contributed by atoms with Gasteiger partial charge in [-0.05, 0) is 49.6 Å². The molecular weight excluding hydrogens is 384 g/mol. The first kappa shape index (κ1) is 19.0. The second kappa shape index (κ2) is 7.45. The summed E-state index contributed by atoms with van der Waals surface area (Å²) < 4.78 is 27.4. The first-order valence-corrected chi connectivity index (χ1v) is 10.4. The summed E-state index contributed by atoms with van der Waals surface area (Å²) in [6.07, 6.45) is 0. The minimum atomic E-state index is -3.90. The van der Waals surface area contributed by atoms with E-state index in [0.717, 1.165) is 28.0 Å². The first-order chi connectivity index (χ1) is 12.8. The monoisotopic (exact) mass is 402 g/mol. The van der Waals surface area contributed by atoms with Crippen molar-refractivity contribution in [1.29, 1.82) is 0 Å². The van der Waals surface area contributed by atoms with Gasteiger partial charge in [0, 0.05) is 5.56 Å². The van der Waals surface area contributed by atoms with Gasteiger partial charge in [0.05, 0.1) is 5.69 Å². The van der Waals surface area contributed by atoms with Gasteiger partial charge >= 0.3 is 0 Å². The summed E-state index contributed by atoms with van der Waals surface area (Å²) in [7, 11) is -3.90. The average Bonchev–Trinajstić information content (AvgIpc) is 3.08. The van der Waals surface area contributed by atoms with Crippen LogP contribution in [0.1, 0.15) is 27.0 Å². The fraction of sp³-hybridized carbons (Fsp3) is 0.167. The molecule has 0 unspecified atom stereocenters. The lowest BCUT2D eigenvalue weighted by atomic mass is 10.1. The maximum atomic E-state index is 12.6. The second-order valence-electron chi connectivity index (χ2n) is 6.07. The molecule has 3 aromatic rings. The summed E-state index contributed by atoms with van der Waals surface area (Å²) in [5.41, 5.74) is 3.51. The van der Waals surface area contributed by atoms with Crippen LogP contribution >= 0.6 is 11.3 Å². The summed E-state index contributed by atoms with van der Waals surface area (Å²) in [4.78, 5) is 12.3. The molecule has 0 atom stereocenters. The van der Waals surface area contributed by atoms with Crippen molar-refractivity contribution in [3.05, 3.63) is 64.7 Å². The lowest BCUT2D eigenvalue weighted by Gasteiger charge is -2.09. The van der Waals surface area contributed by atoms with Crippen molar-refractivity contribution in [3.63, 3.8) is 0 Å². The Morgan fingerprint density at radius 1 is 1.00 bits per heavy atom. The van der Waals surface area contributed by atoms with Gasteiger partial charge < -0.3 is 0 Å². The zero-order valence-electron chi connectivity index (χ0n) is 15.0. The molecule has 1 aromatic heterocycles. The van der Waals surface area contributed by atoms with Crippen LogP contribution in [0.15, 0.2) is 46.8 Å². The third-order valence-corrected chi connectivity index (χ3v) is 6.46. The minimum Gasteiger partial charge on any atom is -0.296 e. The number of nitrogens with one attached hydrogen (secondary N) is 2. The SMILES string of the molecule is Cc1ccc(C)c(NS(=O)(=O)c2nnc(NC(=O)c3ccccc3C)s2)c1. The van der Waals surface area contributed by atoms with Gasteiger partial charge in [-0.15, -0.1) is 10.2 Å². The topological polar surface area (TPSA) is 101 Å².